The van der Waals surface area contributed by atoms with Gasteiger partial charge in [-0.1, -0.05) is 26.8 Å². The van der Waals surface area contributed by atoms with E-state index in [4.69, 9.17) is 4.74 Å². The molecule has 7 nitrogen and oxygen atoms in total. The number of ether oxygens (including phenoxy) is 1. The van der Waals surface area contributed by atoms with Gasteiger partial charge in [-0.25, -0.2) is 4.79 Å². The summed E-state index contributed by atoms with van der Waals surface area (Å²) in [6.07, 6.45) is 0.435. The molecule has 3 amide bonds. The summed E-state index contributed by atoms with van der Waals surface area (Å²) in [7, 11) is 0. The van der Waals surface area contributed by atoms with Crippen LogP contribution in [0.15, 0.2) is 24.3 Å². The van der Waals surface area contributed by atoms with Crippen LogP contribution in [0.5, 0.6) is 0 Å². The van der Waals surface area contributed by atoms with Gasteiger partial charge in [-0.05, 0) is 24.6 Å². The largest absolute Gasteiger partial charge is 0.447 e. The van der Waals surface area contributed by atoms with Gasteiger partial charge in [0.25, 0.3) is 5.91 Å². The first-order valence-corrected chi connectivity index (χ1v) is 9.01. The van der Waals surface area contributed by atoms with Crippen LogP contribution in [0, 0.1) is 5.92 Å². The molecule has 26 heavy (non-hydrogen) atoms. The second kappa shape index (κ2) is 6.97. The van der Waals surface area contributed by atoms with Crippen molar-refractivity contribution in [1.82, 2.24) is 9.80 Å². The quantitative estimate of drug-likeness (QED) is 0.895. The van der Waals surface area contributed by atoms with Gasteiger partial charge < -0.3 is 15.0 Å². The van der Waals surface area contributed by atoms with Crippen LogP contribution in [-0.4, -0.2) is 59.5 Å². The lowest BCUT2D eigenvalue weighted by molar-refractivity contribution is -0.118. The Hall–Kier alpha value is -2.57. The van der Waals surface area contributed by atoms with E-state index in [1.807, 2.05) is 20.8 Å². The van der Waals surface area contributed by atoms with Crippen molar-refractivity contribution >= 4 is 23.6 Å². The first-order chi connectivity index (χ1) is 12.4. The van der Waals surface area contributed by atoms with E-state index in [0.717, 1.165) is 6.42 Å². The van der Waals surface area contributed by atoms with E-state index < -0.39 is 5.54 Å². The maximum absolute atomic E-state index is 13.0. The van der Waals surface area contributed by atoms with Gasteiger partial charge in [0.05, 0.1) is 5.54 Å². The molecule has 3 rings (SSSR count). The van der Waals surface area contributed by atoms with Crippen LogP contribution in [0.1, 0.15) is 37.6 Å². The molecule has 1 N–H and O–H groups in total. The lowest BCUT2D eigenvalue weighted by Crippen LogP contribution is -2.62. The van der Waals surface area contributed by atoms with Crippen molar-refractivity contribution < 1.29 is 19.1 Å². The van der Waals surface area contributed by atoms with Crippen molar-refractivity contribution in [2.45, 2.75) is 32.7 Å². The first-order valence-electron chi connectivity index (χ1n) is 9.01. The standard InChI is InChI=1S/C19H25N3O4/c1-4-19-11-21(8-9-22(19)18(25)26-12-19)17(24)14-6-5-7-15(10-14)20-16(23)13(2)3/h5-7,10,13H,4,8-9,11-12H2,1-3H3,(H,20,23). The molecule has 2 heterocycles. The zero-order valence-corrected chi connectivity index (χ0v) is 15.4. The average Bonchev–Trinajstić information content (AvgIpc) is 2.98. The molecule has 0 bridgehead atoms. The maximum Gasteiger partial charge on any atom is 0.410 e. The Labute approximate surface area is 153 Å². The third-order valence-electron chi connectivity index (χ3n) is 5.18. The lowest BCUT2D eigenvalue weighted by atomic mass is 9.92. The van der Waals surface area contributed by atoms with Crippen LogP contribution in [0.3, 0.4) is 0 Å². The molecule has 140 valence electrons. The predicted molar refractivity (Wildman–Crippen MR) is 96.9 cm³/mol. The van der Waals surface area contributed by atoms with Crippen LogP contribution >= 0.6 is 0 Å². The number of piperazine rings is 1. The molecule has 1 unspecified atom stereocenters. The summed E-state index contributed by atoms with van der Waals surface area (Å²) in [6.45, 7) is 7.36. The lowest BCUT2D eigenvalue weighted by Gasteiger charge is -2.44. The van der Waals surface area contributed by atoms with Crippen LogP contribution in [0.4, 0.5) is 10.5 Å². The van der Waals surface area contributed by atoms with Crippen molar-refractivity contribution in [2.75, 3.05) is 31.6 Å². The van der Waals surface area contributed by atoms with E-state index in [9.17, 15) is 14.4 Å². The van der Waals surface area contributed by atoms with Gasteiger partial charge in [0, 0.05) is 36.8 Å². The van der Waals surface area contributed by atoms with Crippen molar-refractivity contribution in [3.63, 3.8) is 0 Å². The fourth-order valence-electron chi connectivity index (χ4n) is 3.44. The molecule has 2 fully saturated rings. The monoisotopic (exact) mass is 359 g/mol. The van der Waals surface area contributed by atoms with E-state index in [0.29, 0.717) is 37.5 Å². The molecule has 0 saturated carbocycles. The van der Waals surface area contributed by atoms with Gasteiger partial charge in [-0.15, -0.1) is 0 Å². The third kappa shape index (κ3) is 3.25. The topological polar surface area (TPSA) is 79.0 Å². The second-order valence-electron chi connectivity index (χ2n) is 7.24. The summed E-state index contributed by atoms with van der Waals surface area (Å²) in [4.78, 5) is 40.2. The van der Waals surface area contributed by atoms with Gasteiger partial charge in [-0.2, -0.15) is 0 Å². The Kier molecular flexibility index (Phi) is 4.89. The highest BCUT2D eigenvalue weighted by Gasteiger charge is 2.50. The molecule has 0 aromatic heterocycles. The van der Waals surface area contributed by atoms with Gasteiger partial charge in [-0.3, -0.25) is 14.5 Å². The molecule has 0 aliphatic carbocycles. The zero-order chi connectivity index (χ0) is 18.9. The molecule has 0 radical (unpaired) electrons. The first kappa shape index (κ1) is 18.2. The van der Waals surface area contributed by atoms with E-state index in [-0.39, 0.29) is 23.8 Å². The number of carbonyl (C=O) groups is 3. The van der Waals surface area contributed by atoms with Crippen LogP contribution in [0.25, 0.3) is 0 Å². The molecule has 1 aromatic carbocycles. The van der Waals surface area contributed by atoms with Gasteiger partial charge in [0.15, 0.2) is 0 Å². The molecule has 1 aromatic rings. The molecule has 2 aliphatic heterocycles. The highest BCUT2D eigenvalue weighted by atomic mass is 16.6. The number of hydrogen-bond donors (Lipinski definition) is 1. The summed E-state index contributed by atoms with van der Waals surface area (Å²) >= 11 is 0. The number of nitrogens with one attached hydrogen (secondary N) is 1. The van der Waals surface area contributed by atoms with Crippen LogP contribution in [0.2, 0.25) is 0 Å². The molecular formula is C19H25N3O4. The fourth-order valence-corrected chi connectivity index (χ4v) is 3.44. The number of nitrogens with zero attached hydrogens (tertiary/aromatic N) is 2. The number of anilines is 1. The van der Waals surface area contributed by atoms with Gasteiger partial charge in [0.1, 0.15) is 6.61 Å². The number of hydrogen-bond acceptors (Lipinski definition) is 4. The SMILES string of the molecule is CCC12COC(=O)N1CCN(C(=O)c1cccc(NC(=O)C(C)C)c1)C2. The maximum atomic E-state index is 13.0. The highest BCUT2D eigenvalue weighted by molar-refractivity contribution is 5.97. The fraction of sp³-hybridized carbons (Fsp3) is 0.526. The molecular weight excluding hydrogens is 334 g/mol. The minimum atomic E-state index is -0.436. The summed E-state index contributed by atoms with van der Waals surface area (Å²) in [5.74, 6) is -0.320. The Bertz CT molecular complexity index is 733. The molecule has 2 saturated heterocycles. The van der Waals surface area contributed by atoms with Crippen molar-refractivity contribution in [2.24, 2.45) is 5.92 Å². The smallest absolute Gasteiger partial charge is 0.410 e. The number of cyclic esters (lactones) is 1. The van der Waals surface area contributed by atoms with Gasteiger partial charge >= 0.3 is 6.09 Å². The number of rotatable bonds is 4. The van der Waals surface area contributed by atoms with Crippen molar-refractivity contribution in [3.05, 3.63) is 29.8 Å². The average molecular weight is 359 g/mol. The Morgan fingerprint density at radius 2 is 2.08 bits per heavy atom. The summed E-state index contributed by atoms with van der Waals surface area (Å²) in [5.41, 5.74) is 0.698. The van der Waals surface area contributed by atoms with Crippen molar-refractivity contribution in [3.8, 4) is 0 Å². The second-order valence-corrected chi connectivity index (χ2v) is 7.24. The zero-order valence-electron chi connectivity index (χ0n) is 15.4. The van der Waals surface area contributed by atoms with Crippen LogP contribution < -0.4 is 5.32 Å². The van der Waals surface area contributed by atoms with E-state index >= 15 is 0 Å². The van der Waals surface area contributed by atoms with Crippen LogP contribution in [-0.2, 0) is 9.53 Å². The summed E-state index contributed by atoms with van der Waals surface area (Å²) < 4.78 is 5.21. The molecule has 0 spiro atoms. The van der Waals surface area contributed by atoms with E-state index in [2.05, 4.69) is 5.32 Å². The van der Waals surface area contributed by atoms with E-state index in [1.54, 1.807) is 34.1 Å². The van der Waals surface area contributed by atoms with Gasteiger partial charge in [0.2, 0.25) is 5.91 Å². The number of fused-ring (bicyclic) bond motifs is 1. The highest BCUT2D eigenvalue weighted by Crippen LogP contribution is 2.32. The summed E-state index contributed by atoms with van der Waals surface area (Å²) in [5, 5.41) is 2.82. The predicted octanol–water partition coefficient (Wildman–Crippen LogP) is 2.34. The number of benzene rings is 1. The Morgan fingerprint density at radius 1 is 1.31 bits per heavy atom. The normalized spacial score (nSPS) is 22.2. The number of amides is 3. The third-order valence-corrected chi connectivity index (χ3v) is 5.18. The molecule has 7 heteroatoms. The Balaban J connectivity index is 1.76. The summed E-state index contributed by atoms with van der Waals surface area (Å²) in [6, 6.07) is 6.97. The minimum absolute atomic E-state index is 0.0882. The van der Waals surface area contributed by atoms with Crippen molar-refractivity contribution in [1.29, 1.82) is 0 Å². The van der Waals surface area contributed by atoms with E-state index in [1.165, 1.54) is 0 Å². The minimum Gasteiger partial charge on any atom is -0.447 e. The molecule has 1 atom stereocenters. The molecule has 2 aliphatic rings. The Morgan fingerprint density at radius 3 is 2.77 bits per heavy atom. The number of carbonyl (C=O) groups excluding carboxylic acids is 3.